The molecular formula is C61H80O9Si2. The lowest BCUT2D eigenvalue weighted by atomic mass is 9.70. The van der Waals surface area contributed by atoms with Crippen LogP contribution >= 0.6 is 0 Å². The van der Waals surface area contributed by atoms with Crippen molar-refractivity contribution in [3.63, 3.8) is 0 Å². The summed E-state index contributed by atoms with van der Waals surface area (Å²) >= 11 is 0. The molecule has 0 amide bonds. The van der Waals surface area contributed by atoms with Gasteiger partial charge in [0.2, 0.25) is 0 Å². The van der Waals surface area contributed by atoms with E-state index in [1.807, 2.05) is 24.3 Å². The van der Waals surface area contributed by atoms with Crippen molar-refractivity contribution in [3.05, 3.63) is 163 Å². The van der Waals surface area contributed by atoms with Crippen molar-refractivity contribution in [1.29, 1.82) is 0 Å². The SMILES string of the molecule is COc1ccc(COC[C@H]2C/C(=C\CO[Si](c3ccccc3)(c3ccccc3)C(C)(C)C)C[C@@H](C[C@]3(OC)O[C@H](CCO[Si](c4ccccc4)(c4ccccc4)C(C)(C)C)C[C@H](OC(C)=O)C3(C)C)O2)cc1. The molecule has 72 heavy (non-hydrogen) atoms. The van der Waals surface area contributed by atoms with E-state index in [1.165, 1.54) is 33.2 Å². The summed E-state index contributed by atoms with van der Waals surface area (Å²) in [6, 6.07) is 50.9. The predicted octanol–water partition coefficient (Wildman–Crippen LogP) is 10.7. The van der Waals surface area contributed by atoms with Crippen LogP contribution in [0.1, 0.15) is 100.0 Å². The molecule has 2 aliphatic heterocycles. The van der Waals surface area contributed by atoms with Gasteiger partial charge in [-0.3, -0.25) is 4.79 Å². The van der Waals surface area contributed by atoms with Gasteiger partial charge in [-0.15, -0.1) is 0 Å². The summed E-state index contributed by atoms with van der Waals surface area (Å²) in [7, 11) is -2.26. The highest BCUT2D eigenvalue weighted by Crippen LogP contribution is 2.51. The Morgan fingerprint density at radius 3 is 1.61 bits per heavy atom. The number of rotatable bonds is 20. The second kappa shape index (κ2) is 23.7. The molecule has 0 N–H and O–H groups in total. The summed E-state index contributed by atoms with van der Waals surface area (Å²) in [5, 5.41) is 4.56. The third-order valence-corrected chi connectivity index (χ3v) is 25.2. The van der Waals surface area contributed by atoms with Gasteiger partial charge < -0.3 is 37.3 Å². The maximum atomic E-state index is 12.9. The number of carbonyl (C=O) groups excluding carboxylic acids is 1. The first-order chi connectivity index (χ1) is 34.4. The first-order valence-electron chi connectivity index (χ1n) is 25.8. The average molecular weight is 1010 g/mol. The maximum absolute atomic E-state index is 12.9. The van der Waals surface area contributed by atoms with Gasteiger partial charge >= 0.3 is 5.97 Å². The number of ether oxygens (including phenoxy) is 6. The smallest absolute Gasteiger partial charge is 0.302 e. The molecule has 0 unspecified atom stereocenters. The number of esters is 1. The number of carbonyl (C=O) groups is 1. The van der Waals surface area contributed by atoms with Gasteiger partial charge in [0.25, 0.3) is 16.6 Å². The van der Waals surface area contributed by atoms with E-state index in [-0.39, 0.29) is 34.4 Å². The molecule has 7 rings (SSSR count). The van der Waals surface area contributed by atoms with Crippen LogP contribution in [0.4, 0.5) is 0 Å². The van der Waals surface area contributed by atoms with E-state index < -0.39 is 33.9 Å². The Morgan fingerprint density at radius 1 is 0.667 bits per heavy atom. The van der Waals surface area contributed by atoms with Gasteiger partial charge in [-0.25, -0.2) is 0 Å². The van der Waals surface area contributed by atoms with Crippen molar-refractivity contribution in [3.8, 4) is 5.75 Å². The topological polar surface area (TPSA) is 90.9 Å². The zero-order chi connectivity index (χ0) is 51.6. The van der Waals surface area contributed by atoms with Crippen molar-refractivity contribution in [1.82, 2.24) is 0 Å². The van der Waals surface area contributed by atoms with Gasteiger partial charge in [0.05, 0.1) is 50.7 Å². The minimum absolute atomic E-state index is 0.168. The average Bonchev–Trinajstić information content (AvgIpc) is 3.36. The maximum Gasteiger partial charge on any atom is 0.302 e. The highest BCUT2D eigenvalue weighted by atomic mass is 28.4. The molecule has 2 heterocycles. The summed E-state index contributed by atoms with van der Waals surface area (Å²) in [4.78, 5) is 12.9. The first kappa shape index (κ1) is 55.1. The molecule has 0 aromatic heterocycles. The van der Waals surface area contributed by atoms with Gasteiger partial charge in [-0.1, -0.05) is 200 Å². The van der Waals surface area contributed by atoms with Crippen molar-refractivity contribution in [2.24, 2.45) is 5.41 Å². The van der Waals surface area contributed by atoms with Crippen LogP contribution in [0.2, 0.25) is 10.1 Å². The number of hydrogen-bond acceptors (Lipinski definition) is 9. The molecule has 0 aliphatic carbocycles. The second-order valence-electron chi connectivity index (χ2n) is 22.2. The first-order valence-corrected chi connectivity index (χ1v) is 29.6. The fourth-order valence-electron chi connectivity index (χ4n) is 11.4. The largest absolute Gasteiger partial charge is 0.497 e. The molecule has 5 aromatic carbocycles. The lowest BCUT2D eigenvalue weighted by Crippen LogP contribution is -2.67. The summed E-state index contributed by atoms with van der Waals surface area (Å²) in [5.41, 5.74) is 1.52. The molecule has 5 aromatic rings. The Kier molecular flexibility index (Phi) is 18.1. The van der Waals surface area contributed by atoms with Crippen LogP contribution in [-0.4, -0.2) is 86.8 Å². The zero-order valence-electron chi connectivity index (χ0n) is 44.8. The number of methoxy groups -OCH3 is 2. The van der Waals surface area contributed by atoms with E-state index in [4.69, 9.17) is 37.3 Å². The van der Waals surface area contributed by atoms with Crippen LogP contribution in [0.5, 0.6) is 5.75 Å². The Morgan fingerprint density at radius 2 is 1.15 bits per heavy atom. The molecule has 2 fully saturated rings. The van der Waals surface area contributed by atoms with Crippen LogP contribution in [0, 0.1) is 5.41 Å². The van der Waals surface area contributed by atoms with Gasteiger partial charge in [0.15, 0.2) is 5.79 Å². The molecule has 2 aliphatic rings. The lowest BCUT2D eigenvalue weighted by Gasteiger charge is -2.55. The Labute approximate surface area is 432 Å². The standard InChI is InChI=1S/C61H80O9Si2/c1-46(62)68-57-42-50(37-39-67-72(59(5,6)7,55-28-20-14-21-29-55)56-30-22-15-23-31-56)70-61(64-11,60(57,8)9)43-51-40-48(41-52(69-51)45-65-44-47-32-34-49(63-10)35-33-47)36-38-66-71(58(2,3)4,53-24-16-12-17-25-53)54-26-18-13-19-27-54/h12-36,50-52,57H,37-45H2,1-11H3/b48-36-/t50-,51+,52-,57+,61+/m1/s1. The molecule has 0 radical (unpaired) electrons. The summed E-state index contributed by atoms with van der Waals surface area (Å²) in [6.07, 6.45) is 3.66. The van der Waals surface area contributed by atoms with Crippen molar-refractivity contribution in [2.75, 3.05) is 34.0 Å². The van der Waals surface area contributed by atoms with E-state index >= 15 is 0 Å². The van der Waals surface area contributed by atoms with Gasteiger partial charge in [-0.05, 0) is 67.8 Å². The number of hydrogen-bond donors (Lipinski definition) is 0. The van der Waals surface area contributed by atoms with Crippen LogP contribution < -0.4 is 25.5 Å². The van der Waals surface area contributed by atoms with Crippen LogP contribution in [-0.2, 0) is 43.9 Å². The quantitative estimate of drug-likeness (QED) is 0.0429. The monoisotopic (exact) mass is 1010 g/mol. The molecule has 0 spiro atoms. The van der Waals surface area contributed by atoms with E-state index in [1.54, 1.807) is 14.2 Å². The van der Waals surface area contributed by atoms with Crippen molar-refractivity contribution in [2.45, 2.75) is 141 Å². The summed E-state index contributed by atoms with van der Waals surface area (Å²) in [6.45, 7) is 21.1. The highest BCUT2D eigenvalue weighted by Gasteiger charge is 2.59. The Hall–Kier alpha value is -4.70. The van der Waals surface area contributed by atoms with Crippen LogP contribution in [0.25, 0.3) is 0 Å². The molecule has 11 heteroatoms. The fraction of sp³-hybridized carbons (Fsp3) is 0.459. The van der Waals surface area contributed by atoms with Gasteiger partial charge in [0.1, 0.15) is 11.9 Å². The van der Waals surface area contributed by atoms with Crippen LogP contribution in [0.3, 0.4) is 0 Å². The minimum atomic E-state index is -2.83. The minimum Gasteiger partial charge on any atom is -0.497 e. The fourth-order valence-corrected chi connectivity index (χ4v) is 20.5. The van der Waals surface area contributed by atoms with Gasteiger partial charge in [0, 0.05) is 33.5 Å². The second-order valence-corrected chi connectivity index (χ2v) is 30.9. The number of benzene rings is 5. The Bertz CT molecular complexity index is 2410. The normalized spacial score (nSPS) is 22.3. The molecule has 9 nitrogen and oxygen atoms in total. The predicted molar refractivity (Wildman–Crippen MR) is 294 cm³/mol. The Balaban J connectivity index is 1.18. The molecule has 2 saturated heterocycles. The molecule has 0 saturated carbocycles. The van der Waals surface area contributed by atoms with E-state index in [0.717, 1.165) is 11.3 Å². The van der Waals surface area contributed by atoms with E-state index in [9.17, 15) is 4.79 Å². The summed E-state index contributed by atoms with van der Waals surface area (Å²) in [5.74, 6) is -0.728. The van der Waals surface area contributed by atoms with Crippen LogP contribution in [0.15, 0.2) is 157 Å². The van der Waals surface area contributed by atoms with Crippen molar-refractivity contribution < 1.29 is 42.1 Å². The molecular weight excluding hydrogens is 933 g/mol. The summed E-state index contributed by atoms with van der Waals surface area (Å²) < 4.78 is 53.9. The van der Waals surface area contributed by atoms with E-state index in [2.05, 4.69) is 183 Å². The molecule has 5 atom stereocenters. The lowest BCUT2D eigenvalue weighted by molar-refractivity contribution is -0.357. The highest BCUT2D eigenvalue weighted by molar-refractivity contribution is 7.00. The molecule has 386 valence electrons. The third-order valence-electron chi connectivity index (χ3n) is 15.1. The third kappa shape index (κ3) is 12.1. The van der Waals surface area contributed by atoms with Crippen molar-refractivity contribution >= 4 is 43.4 Å². The molecule has 0 bridgehead atoms. The zero-order valence-corrected chi connectivity index (χ0v) is 46.8. The van der Waals surface area contributed by atoms with Gasteiger partial charge in [-0.2, -0.15) is 0 Å². The van der Waals surface area contributed by atoms with E-state index in [0.29, 0.717) is 58.5 Å².